The largest absolute Gasteiger partial charge is 0.311 e. The Morgan fingerprint density at radius 1 is 1.21 bits per heavy atom. The van der Waals surface area contributed by atoms with E-state index in [-0.39, 0.29) is 0 Å². The van der Waals surface area contributed by atoms with Crippen LogP contribution in [-0.2, 0) is 0 Å². The molecular weight excluding hydrogens is 252 g/mol. The molecule has 3 heteroatoms. The Morgan fingerprint density at radius 2 is 1.95 bits per heavy atom. The topological polar surface area (TPSA) is 15.3 Å². The van der Waals surface area contributed by atoms with Gasteiger partial charge in [-0.15, -0.1) is 0 Å². The van der Waals surface area contributed by atoms with E-state index in [9.17, 15) is 0 Å². The lowest BCUT2D eigenvalue weighted by molar-refractivity contribution is 0.254. The smallest absolute Gasteiger partial charge is 0.0281 e. The van der Waals surface area contributed by atoms with E-state index in [0.717, 1.165) is 18.1 Å². The molecule has 19 heavy (non-hydrogen) atoms. The molecule has 3 fully saturated rings. The maximum atomic E-state index is 3.92. The van der Waals surface area contributed by atoms with Gasteiger partial charge in [-0.3, -0.25) is 4.90 Å². The summed E-state index contributed by atoms with van der Waals surface area (Å²) in [6.45, 7) is 4.96. The monoisotopic (exact) mass is 282 g/mol. The first-order valence-electron chi connectivity index (χ1n) is 8.27. The molecule has 0 spiro atoms. The van der Waals surface area contributed by atoms with Crippen molar-refractivity contribution in [1.82, 2.24) is 10.2 Å². The van der Waals surface area contributed by atoms with E-state index < -0.39 is 0 Å². The summed E-state index contributed by atoms with van der Waals surface area (Å²) in [5.41, 5.74) is 0. The van der Waals surface area contributed by atoms with Gasteiger partial charge in [0.1, 0.15) is 0 Å². The van der Waals surface area contributed by atoms with Gasteiger partial charge in [0, 0.05) is 36.0 Å². The fourth-order valence-electron chi connectivity index (χ4n) is 4.10. The summed E-state index contributed by atoms with van der Waals surface area (Å²) in [6.07, 6.45) is 13.8. The van der Waals surface area contributed by atoms with Crippen LogP contribution in [0.25, 0.3) is 0 Å². The van der Waals surface area contributed by atoms with Crippen LogP contribution in [0, 0.1) is 0 Å². The highest BCUT2D eigenvalue weighted by molar-refractivity contribution is 8.00. The number of nitrogens with zero attached hydrogens (tertiary/aromatic N) is 1. The molecule has 1 N–H and O–H groups in total. The van der Waals surface area contributed by atoms with Crippen molar-refractivity contribution in [3.8, 4) is 0 Å². The van der Waals surface area contributed by atoms with Crippen molar-refractivity contribution in [3.05, 3.63) is 0 Å². The van der Waals surface area contributed by atoms with Crippen molar-refractivity contribution in [2.75, 3.05) is 19.3 Å². The average molecular weight is 282 g/mol. The van der Waals surface area contributed by atoms with E-state index in [2.05, 4.69) is 35.2 Å². The van der Waals surface area contributed by atoms with E-state index >= 15 is 0 Å². The number of hydrogen-bond acceptors (Lipinski definition) is 3. The predicted octanol–water partition coefficient (Wildman–Crippen LogP) is 3.27. The molecule has 1 saturated heterocycles. The second kappa shape index (κ2) is 5.95. The molecular formula is C16H30N2S. The second-order valence-corrected chi connectivity index (χ2v) is 8.31. The highest BCUT2D eigenvalue weighted by Crippen LogP contribution is 2.38. The summed E-state index contributed by atoms with van der Waals surface area (Å²) in [5.74, 6) is 0. The van der Waals surface area contributed by atoms with Crippen molar-refractivity contribution in [3.63, 3.8) is 0 Å². The van der Waals surface area contributed by atoms with Gasteiger partial charge in [0.2, 0.25) is 0 Å². The van der Waals surface area contributed by atoms with Crippen LogP contribution in [0.2, 0.25) is 0 Å². The minimum atomic E-state index is 0.550. The summed E-state index contributed by atoms with van der Waals surface area (Å²) in [6, 6.07) is 2.49. The summed E-state index contributed by atoms with van der Waals surface area (Å²) >= 11 is 2.12. The van der Waals surface area contributed by atoms with Gasteiger partial charge in [-0.05, 0) is 45.3 Å². The van der Waals surface area contributed by atoms with Crippen LogP contribution in [0.1, 0.15) is 58.3 Å². The van der Waals surface area contributed by atoms with Gasteiger partial charge in [0.05, 0.1) is 0 Å². The maximum Gasteiger partial charge on any atom is 0.0281 e. The molecule has 0 amide bonds. The third-order valence-corrected chi connectivity index (χ3v) is 6.97. The van der Waals surface area contributed by atoms with Crippen LogP contribution < -0.4 is 5.32 Å². The molecule has 3 rings (SSSR count). The lowest BCUT2D eigenvalue weighted by Gasteiger charge is -2.37. The van der Waals surface area contributed by atoms with Crippen LogP contribution in [0.3, 0.4) is 0 Å². The van der Waals surface area contributed by atoms with Gasteiger partial charge >= 0.3 is 0 Å². The minimum Gasteiger partial charge on any atom is -0.311 e. The van der Waals surface area contributed by atoms with Crippen molar-refractivity contribution >= 4 is 11.8 Å². The second-order valence-electron chi connectivity index (χ2n) is 7.04. The molecule has 0 aromatic rings. The van der Waals surface area contributed by atoms with E-state index in [0.29, 0.717) is 4.75 Å². The highest BCUT2D eigenvalue weighted by Gasteiger charge is 2.39. The van der Waals surface area contributed by atoms with Gasteiger partial charge in [-0.25, -0.2) is 0 Å². The van der Waals surface area contributed by atoms with Gasteiger partial charge in [0.15, 0.2) is 0 Å². The molecule has 2 saturated carbocycles. The highest BCUT2D eigenvalue weighted by atomic mass is 32.2. The zero-order valence-electron chi connectivity index (χ0n) is 12.7. The standard InChI is InChI=1S/C16H30N2S/c1-13-10-14(11-18(13)15-6-7-15)17-12-16(19-2)8-4-3-5-9-16/h13-15,17H,3-12H2,1-2H3. The van der Waals surface area contributed by atoms with Crippen LogP contribution >= 0.6 is 11.8 Å². The van der Waals surface area contributed by atoms with Gasteiger partial charge < -0.3 is 5.32 Å². The first kappa shape index (κ1) is 14.2. The van der Waals surface area contributed by atoms with E-state index in [1.54, 1.807) is 0 Å². The van der Waals surface area contributed by atoms with Gasteiger partial charge in [-0.1, -0.05) is 19.3 Å². The summed E-state index contributed by atoms with van der Waals surface area (Å²) in [7, 11) is 0. The zero-order valence-corrected chi connectivity index (χ0v) is 13.5. The Morgan fingerprint density at radius 3 is 2.58 bits per heavy atom. The molecule has 110 valence electrons. The fourth-order valence-corrected chi connectivity index (χ4v) is 5.02. The molecule has 2 nitrogen and oxygen atoms in total. The van der Waals surface area contributed by atoms with Crippen LogP contribution in [0.4, 0.5) is 0 Å². The lowest BCUT2D eigenvalue weighted by atomic mass is 9.88. The molecule has 2 atom stereocenters. The molecule has 1 heterocycles. The summed E-state index contributed by atoms with van der Waals surface area (Å²) < 4.78 is 0.550. The maximum absolute atomic E-state index is 3.92. The molecule has 0 aromatic carbocycles. The van der Waals surface area contributed by atoms with Crippen molar-refractivity contribution < 1.29 is 0 Å². The average Bonchev–Trinajstić information content (AvgIpc) is 3.21. The third kappa shape index (κ3) is 3.30. The van der Waals surface area contributed by atoms with Gasteiger partial charge in [-0.2, -0.15) is 11.8 Å². The Labute approximate surface area is 123 Å². The van der Waals surface area contributed by atoms with E-state index in [1.807, 2.05) is 0 Å². The Balaban J connectivity index is 1.48. The van der Waals surface area contributed by atoms with Crippen LogP contribution in [0.5, 0.6) is 0 Å². The van der Waals surface area contributed by atoms with E-state index in [4.69, 9.17) is 0 Å². The number of nitrogens with one attached hydrogen (secondary N) is 1. The number of hydrogen-bond donors (Lipinski definition) is 1. The van der Waals surface area contributed by atoms with Gasteiger partial charge in [0.25, 0.3) is 0 Å². The third-order valence-electron chi connectivity index (χ3n) is 5.55. The molecule has 0 bridgehead atoms. The first-order valence-corrected chi connectivity index (χ1v) is 9.49. The van der Waals surface area contributed by atoms with Crippen molar-refractivity contribution in [2.24, 2.45) is 0 Å². The van der Waals surface area contributed by atoms with Crippen molar-refractivity contribution in [2.45, 2.75) is 81.2 Å². The molecule has 2 unspecified atom stereocenters. The number of thioether (sulfide) groups is 1. The summed E-state index contributed by atoms with van der Waals surface area (Å²) in [5, 5.41) is 3.92. The Hall–Kier alpha value is 0.270. The Bertz CT molecular complexity index is 297. The van der Waals surface area contributed by atoms with Crippen LogP contribution in [0.15, 0.2) is 0 Å². The first-order chi connectivity index (χ1) is 9.22. The van der Waals surface area contributed by atoms with Crippen LogP contribution in [-0.4, -0.2) is 47.1 Å². The Kier molecular flexibility index (Phi) is 4.45. The predicted molar refractivity (Wildman–Crippen MR) is 84.9 cm³/mol. The molecule has 3 aliphatic rings. The SMILES string of the molecule is CSC1(CNC2CC(C)N(C3CC3)C2)CCCCC1. The fraction of sp³-hybridized carbons (Fsp3) is 1.00. The zero-order chi connectivity index (χ0) is 13.3. The molecule has 2 aliphatic carbocycles. The van der Waals surface area contributed by atoms with Crippen molar-refractivity contribution in [1.29, 1.82) is 0 Å². The minimum absolute atomic E-state index is 0.550. The summed E-state index contributed by atoms with van der Waals surface area (Å²) in [4.78, 5) is 2.75. The number of likely N-dealkylation sites (tertiary alicyclic amines) is 1. The number of rotatable bonds is 5. The van der Waals surface area contributed by atoms with E-state index in [1.165, 1.54) is 64.5 Å². The normalized spacial score (nSPS) is 35.7. The quantitative estimate of drug-likeness (QED) is 0.833. The lowest BCUT2D eigenvalue weighted by Crippen LogP contribution is -2.44. The molecule has 0 radical (unpaired) electrons. The molecule has 0 aromatic heterocycles. The molecule has 1 aliphatic heterocycles.